The van der Waals surface area contributed by atoms with Gasteiger partial charge in [0.25, 0.3) is 5.91 Å². The summed E-state index contributed by atoms with van der Waals surface area (Å²) in [4.78, 5) is 33.1. The molecule has 1 aromatic heterocycles. The van der Waals surface area contributed by atoms with Crippen LogP contribution in [0.1, 0.15) is 40.7 Å². The predicted molar refractivity (Wildman–Crippen MR) is 98.8 cm³/mol. The summed E-state index contributed by atoms with van der Waals surface area (Å²) < 4.78 is 10.6. The summed E-state index contributed by atoms with van der Waals surface area (Å²) in [6.45, 7) is 4.00. The highest BCUT2D eigenvalue weighted by atomic mass is 16.7. The maximum absolute atomic E-state index is 12.2. The zero-order valence-corrected chi connectivity index (χ0v) is 15.1. The fourth-order valence-corrected chi connectivity index (χ4v) is 3.36. The smallest absolute Gasteiger partial charge is 0.250 e. The first kappa shape index (κ1) is 17.2. The van der Waals surface area contributed by atoms with Gasteiger partial charge in [-0.25, -0.2) is 9.97 Å². The summed E-state index contributed by atoms with van der Waals surface area (Å²) in [6, 6.07) is 5.44. The summed E-state index contributed by atoms with van der Waals surface area (Å²) in [5.41, 5.74) is 2.73. The molecule has 0 bridgehead atoms. The molecule has 1 aliphatic heterocycles. The second kappa shape index (κ2) is 6.83. The zero-order chi connectivity index (χ0) is 19.0. The fraction of sp³-hybridized carbons (Fsp3) is 0.300. The molecule has 0 saturated carbocycles. The van der Waals surface area contributed by atoms with Gasteiger partial charge in [-0.05, 0) is 43.0 Å². The number of hydrogen-bond donors (Lipinski definition) is 1. The van der Waals surface area contributed by atoms with E-state index in [4.69, 9.17) is 9.47 Å². The topological polar surface area (TPSA) is 90.4 Å². The molecule has 138 valence electrons. The van der Waals surface area contributed by atoms with E-state index in [-0.39, 0.29) is 30.3 Å². The third kappa shape index (κ3) is 3.53. The van der Waals surface area contributed by atoms with Crippen LogP contribution in [0.4, 0.5) is 5.95 Å². The molecular weight excluding hydrogens is 346 g/mol. The Hall–Kier alpha value is -3.22. The number of amides is 1. The second-order valence-electron chi connectivity index (χ2n) is 6.83. The third-order valence-electron chi connectivity index (χ3n) is 4.58. The Labute approximate surface area is 156 Å². The van der Waals surface area contributed by atoms with Gasteiger partial charge in [0.05, 0.1) is 17.0 Å². The van der Waals surface area contributed by atoms with Gasteiger partial charge >= 0.3 is 0 Å². The molecule has 1 aliphatic carbocycles. The molecule has 27 heavy (non-hydrogen) atoms. The van der Waals surface area contributed by atoms with Crippen LogP contribution in [-0.4, -0.2) is 28.5 Å². The molecule has 2 aromatic rings. The van der Waals surface area contributed by atoms with Crippen molar-refractivity contribution in [2.45, 2.75) is 26.7 Å². The molecule has 4 rings (SSSR count). The van der Waals surface area contributed by atoms with Crippen LogP contribution >= 0.6 is 0 Å². The number of rotatable bonds is 3. The van der Waals surface area contributed by atoms with Crippen LogP contribution < -0.4 is 14.8 Å². The van der Waals surface area contributed by atoms with Gasteiger partial charge in [-0.3, -0.25) is 14.9 Å². The number of fused-ring (bicyclic) bond motifs is 2. The summed E-state index contributed by atoms with van der Waals surface area (Å²) in [5.74, 6) is 1.54. The first-order chi connectivity index (χ1) is 13.0. The summed E-state index contributed by atoms with van der Waals surface area (Å²) in [7, 11) is 0. The first-order valence-corrected chi connectivity index (χ1v) is 8.79. The molecule has 1 aromatic carbocycles. The minimum absolute atomic E-state index is 0.0711. The van der Waals surface area contributed by atoms with E-state index in [0.29, 0.717) is 41.3 Å². The van der Waals surface area contributed by atoms with Crippen LogP contribution in [0.2, 0.25) is 0 Å². The van der Waals surface area contributed by atoms with E-state index in [9.17, 15) is 9.59 Å². The highest BCUT2D eigenvalue weighted by molar-refractivity contribution is 6.02. The summed E-state index contributed by atoms with van der Waals surface area (Å²) in [6.07, 6.45) is 4.30. The number of nitrogens with one attached hydrogen (secondary N) is 1. The molecule has 0 radical (unpaired) electrons. The lowest BCUT2D eigenvalue weighted by molar-refractivity contribution is -0.111. The van der Waals surface area contributed by atoms with Gasteiger partial charge in [0, 0.05) is 12.5 Å². The van der Waals surface area contributed by atoms with E-state index in [2.05, 4.69) is 15.3 Å². The summed E-state index contributed by atoms with van der Waals surface area (Å²) in [5, 5.41) is 2.67. The molecule has 0 saturated heterocycles. The van der Waals surface area contributed by atoms with Crippen LogP contribution in [0, 0.1) is 12.8 Å². The second-order valence-corrected chi connectivity index (χ2v) is 6.83. The van der Waals surface area contributed by atoms with E-state index >= 15 is 0 Å². The zero-order valence-electron chi connectivity index (χ0n) is 15.1. The largest absolute Gasteiger partial charge is 0.454 e. The number of ether oxygens (including phenoxy) is 2. The van der Waals surface area contributed by atoms with Crippen molar-refractivity contribution in [2.24, 2.45) is 5.92 Å². The van der Waals surface area contributed by atoms with Crippen molar-refractivity contribution < 1.29 is 19.1 Å². The molecule has 0 fully saturated rings. The number of carbonyl (C=O) groups excluding carboxylic acids is 2. The first-order valence-electron chi connectivity index (χ1n) is 8.79. The van der Waals surface area contributed by atoms with Gasteiger partial charge in [-0.1, -0.05) is 13.0 Å². The maximum Gasteiger partial charge on any atom is 0.250 e. The minimum atomic E-state index is -0.345. The normalized spacial score (nSPS) is 17.9. The van der Waals surface area contributed by atoms with E-state index in [1.54, 1.807) is 25.1 Å². The van der Waals surface area contributed by atoms with Crippen molar-refractivity contribution in [3.05, 3.63) is 46.8 Å². The highest BCUT2D eigenvalue weighted by Crippen LogP contribution is 2.32. The van der Waals surface area contributed by atoms with E-state index < -0.39 is 0 Å². The lowest BCUT2D eigenvalue weighted by Crippen LogP contribution is -2.23. The molecule has 2 heterocycles. The summed E-state index contributed by atoms with van der Waals surface area (Å²) >= 11 is 0. The van der Waals surface area contributed by atoms with Crippen molar-refractivity contribution in [2.75, 3.05) is 12.1 Å². The Morgan fingerprint density at radius 1 is 1.22 bits per heavy atom. The van der Waals surface area contributed by atoms with Crippen LogP contribution in [0.3, 0.4) is 0 Å². The van der Waals surface area contributed by atoms with Crippen molar-refractivity contribution >= 4 is 23.7 Å². The average molecular weight is 365 g/mol. The molecule has 7 heteroatoms. The number of Topliss-reactive ketones (excluding diaryl/α,β-unsaturated/α-hetero) is 1. The molecule has 1 amide bonds. The fourth-order valence-electron chi connectivity index (χ4n) is 3.36. The molecular formula is C20H19N3O4. The van der Waals surface area contributed by atoms with Gasteiger partial charge in [-0.2, -0.15) is 0 Å². The Bertz CT molecular complexity index is 968. The van der Waals surface area contributed by atoms with Gasteiger partial charge in [0.15, 0.2) is 17.3 Å². The Kier molecular flexibility index (Phi) is 4.35. The lowest BCUT2D eigenvalue weighted by Gasteiger charge is -2.21. The number of aromatic nitrogens is 2. The number of carbonyl (C=O) groups is 2. The Morgan fingerprint density at radius 2 is 2.04 bits per heavy atom. The lowest BCUT2D eigenvalue weighted by atomic mass is 9.86. The Morgan fingerprint density at radius 3 is 2.89 bits per heavy atom. The van der Waals surface area contributed by atoms with Crippen molar-refractivity contribution in [1.29, 1.82) is 0 Å². The monoisotopic (exact) mass is 365 g/mol. The average Bonchev–Trinajstić information content (AvgIpc) is 3.06. The number of benzene rings is 1. The van der Waals surface area contributed by atoms with Crippen molar-refractivity contribution in [3.63, 3.8) is 0 Å². The van der Waals surface area contributed by atoms with Gasteiger partial charge in [0.1, 0.15) is 0 Å². The molecule has 0 spiro atoms. The molecule has 7 nitrogen and oxygen atoms in total. The van der Waals surface area contributed by atoms with Gasteiger partial charge < -0.3 is 9.47 Å². The molecule has 1 N–H and O–H groups in total. The molecule has 2 aliphatic rings. The van der Waals surface area contributed by atoms with Crippen molar-refractivity contribution in [1.82, 2.24) is 9.97 Å². The molecule has 0 unspecified atom stereocenters. The molecule has 1 atom stereocenters. The quantitative estimate of drug-likeness (QED) is 0.841. The van der Waals surface area contributed by atoms with Crippen molar-refractivity contribution in [3.8, 4) is 11.5 Å². The van der Waals surface area contributed by atoms with E-state index in [0.717, 1.165) is 5.56 Å². The van der Waals surface area contributed by atoms with Gasteiger partial charge in [0.2, 0.25) is 12.7 Å². The van der Waals surface area contributed by atoms with Crippen LogP contribution in [0.15, 0.2) is 24.3 Å². The highest BCUT2D eigenvalue weighted by Gasteiger charge is 2.26. The number of hydrogen-bond acceptors (Lipinski definition) is 6. The van der Waals surface area contributed by atoms with Crippen LogP contribution in [0.5, 0.6) is 11.5 Å². The SMILES string of the molecule is Cc1nc(NC(=O)/C=C/c2ccc3c(c2)OCO3)nc2c1C(=O)C[C@@H](C)C2. The van der Waals surface area contributed by atoms with Crippen LogP contribution in [0.25, 0.3) is 6.08 Å². The van der Waals surface area contributed by atoms with Gasteiger partial charge in [-0.15, -0.1) is 0 Å². The Balaban J connectivity index is 1.49. The third-order valence-corrected chi connectivity index (χ3v) is 4.58. The number of nitrogens with zero attached hydrogens (tertiary/aromatic N) is 2. The standard InChI is InChI=1S/C20H19N3O4/c1-11-7-14-19(15(24)8-11)12(2)21-20(22-14)23-18(25)6-4-13-3-5-16-17(9-13)27-10-26-16/h3-6,9,11H,7-8,10H2,1-2H3,(H,21,22,23,25)/b6-4+/t11-/m0/s1. The maximum atomic E-state index is 12.2. The number of ketones is 1. The van der Waals surface area contributed by atoms with E-state index in [1.165, 1.54) is 6.08 Å². The number of anilines is 1. The van der Waals surface area contributed by atoms with Crippen LogP contribution in [-0.2, 0) is 11.2 Å². The minimum Gasteiger partial charge on any atom is -0.454 e. The number of aryl methyl sites for hydroxylation is 1. The predicted octanol–water partition coefficient (Wildman–Crippen LogP) is 2.93. The van der Waals surface area contributed by atoms with E-state index in [1.807, 2.05) is 13.0 Å².